The summed E-state index contributed by atoms with van der Waals surface area (Å²) in [7, 11) is 0. The van der Waals surface area contributed by atoms with Crippen molar-refractivity contribution in [3.63, 3.8) is 0 Å². The van der Waals surface area contributed by atoms with E-state index in [4.69, 9.17) is 0 Å². The maximum Gasteiger partial charge on any atom is 0.223 e. The van der Waals surface area contributed by atoms with Crippen molar-refractivity contribution in [1.29, 1.82) is 0 Å². The third-order valence-electron chi connectivity index (χ3n) is 4.65. The molecule has 0 aromatic carbocycles. The van der Waals surface area contributed by atoms with Gasteiger partial charge in [-0.15, -0.1) is 0 Å². The molecule has 0 aromatic heterocycles. The summed E-state index contributed by atoms with van der Waals surface area (Å²) in [5.41, 5.74) is 0. The van der Waals surface area contributed by atoms with Crippen LogP contribution in [0.1, 0.15) is 38.5 Å². The molecule has 2 heterocycles. The Bertz CT molecular complexity index is 273. The van der Waals surface area contributed by atoms with E-state index in [0.29, 0.717) is 17.9 Å². The zero-order valence-corrected chi connectivity index (χ0v) is 9.95. The Labute approximate surface area is 97.6 Å². The second kappa shape index (κ2) is 4.36. The number of nitrogens with one attached hydrogen (secondary N) is 1. The molecule has 3 heteroatoms. The maximum absolute atomic E-state index is 12.2. The van der Waals surface area contributed by atoms with Crippen LogP contribution in [0.15, 0.2) is 0 Å². The molecule has 3 nitrogen and oxygen atoms in total. The molecule has 0 aromatic rings. The van der Waals surface area contributed by atoms with Crippen LogP contribution in [0.5, 0.6) is 0 Å². The second-order valence-corrected chi connectivity index (χ2v) is 5.78. The van der Waals surface area contributed by atoms with Gasteiger partial charge in [-0.2, -0.15) is 0 Å². The third-order valence-corrected chi connectivity index (χ3v) is 4.65. The SMILES string of the molecule is O=C(CC1CCNCC1)N1CC2CCC1C2. The minimum absolute atomic E-state index is 0.444. The summed E-state index contributed by atoms with van der Waals surface area (Å²) in [6.45, 7) is 3.27. The maximum atomic E-state index is 12.2. The Balaban J connectivity index is 1.53. The molecule has 2 unspecified atom stereocenters. The van der Waals surface area contributed by atoms with Crippen molar-refractivity contribution < 1.29 is 4.79 Å². The van der Waals surface area contributed by atoms with Gasteiger partial charge in [0, 0.05) is 19.0 Å². The lowest BCUT2D eigenvalue weighted by Crippen LogP contribution is -2.39. The molecule has 2 aliphatic heterocycles. The van der Waals surface area contributed by atoms with Gasteiger partial charge < -0.3 is 10.2 Å². The molecule has 3 rings (SSSR count). The first-order chi connectivity index (χ1) is 7.83. The summed E-state index contributed by atoms with van der Waals surface area (Å²) >= 11 is 0. The van der Waals surface area contributed by atoms with Gasteiger partial charge in [-0.1, -0.05) is 0 Å². The first-order valence-electron chi connectivity index (χ1n) is 6.83. The molecule has 2 bridgehead atoms. The Morgan fingerprint density at radius 3 is 2.62 bits per heavy atom. The molecular formula is C13H22N2O. The van der Waals surface area contributed by atoms with Gasteiger partial charge in [0.15, 0.2) is 0 Å². The van der Waals surface area contributed by atoms with E-state index in [2.05, 4.69) is 10.2 Å². The highest BCUT2D eigenvalue weighted by atomic mass is 16.2. The number of carbonyl (C=O) groups excluding carboxylic acids is 1. The topological polar surface area (TPSA) is 32.3 Å². The summed E-state index contributed by atoms with van der Waals surface area (Å²) < 4.78 is 0. The van der Waals surface area contributed by atoms with Gasteiger partial charge >= 0.3 is 0 Å². The number of piperidine rings is 2. The Hall–Kier alpha value is -0.570. The summed E-state index contributed by atoms with van der Waals surface area (Å²) in [5.74, 6) is 1.92. The van der Waals surface area contributed by atoms with E-state index in [1.54, 1.807) is 0 Å². The van der Waals surface area contributed by atoms with E-state index in [1.165, 1.54) is 32.1 Å². The van der Waals surface area contributed by atoms with E-state index in [9.17, 15) is 4.79 Å². The molecule has 1 N–H and O–H groups in total. The number of likely N-dealkylation sites (tertiary alicyclic amines) is 1. The van der Waals surface area contributed by atoms with Crippen LogP contribution in [-0.2, 0) is 4.79 Å². The van der Waals surface area contributed by atoms with Crippen LogP contribution in [-0.4, -0.2) is 36.5 Å². The number of rotatable bonds is 2. The highest BCUT2D eigenvalue weighted by Crippen LogP contribution is 2.38. The number of hydrogen-bond acceptors (Lipinski definition) is 2. The van der Waals surface area contributed by atoms with Crippen LogP contribution in [0.2, 0.25) is 0 Å². The molecular weight excluding hydrogens is 200 g/mol. The number of fused-ring (bicyclic) bond motifs is 2. The minimum atomic E-state index is 0.444. The molecule has 2 atom stereocenters. The number of carbonyl (C=O) groups is 1. The van der Waals surface area contributed by atoms with E-state index >= 15 is 0 Å². The molecule has 3 fully saturated rings. The molecule has 0 radical (unpaired) electrons. The Morgan fingerprint density at radius 2 is 2.00 bits per heavy atom. The monoisotopic (exact) mass is 222 g/mol. The Morgan fingerprint density at radius 1 is 1.19 bits per heavy atom. The predicted molar refractivity (Wildman–Crippen MR) is 63.1 cm³/mol. The Kier molecular flexibility index (Phi) is 2.88. The van der Waals surface area contributed by atoms with Crippen molar-refractivity contribution >= 4 is 5.91 Å². The van der Waals surface area contributed by atoms with Crippen LogP contribution < -0.4 is 5.32 Å². The largest absolute Gasteiger partial charge is 0.339 e. The zero-order valence-electron chi connectivity index (χ0n) is 9.95. The summed E-state index contributed by atoms with van der Waals surface area (Å²) in [5, 5.41) is 3.36. The smallest absolute Gasteiger partial charge is 0.223 e. The molecule has 16 heavy (non-hydrogen) atoms. The average Bonchev–Trinajstić information content (AvgIpc) is 2.92. The molecule has 3 aliphatic rings. The van der Waals surface area contributed by atoms with Crippen molar-refractivity contribution in [3.05, 3.63) is 0 Å². The molecule has 2 saturated heterocycles. The van der Waals surface area contributed by atoms with Crippen LogP contribution in [0, 0.1) is 11.8 Å². The molecule has 0 spiro atoms. The summed E-state index contributed by atoms with van der Waals surface area (Å²) in [4.78, 5) is 14.4. The van der Waals surface area contributed by atoms with Gasteiger partial charge in [-0.3, -0.25) is 4.79 Å². The van der Waals surface area contributed by atoms with Crippen molar-refractivity contribution in [2.24, 2.45) is 11.8 Å². The molecule has 1 saturated carbocycles. The fourth-order valence-corrected chi connectivity index (χ4v) is 3.68. The first-order valence-corrected chi connectivity index (χ1v) is 6.83. The predicted octanol–water partition coefficient (Wildman–Crippen LogP) is 1.39. The van der Waals surface area contributed by atoms with E-state index in [1.807, 2.05) is 0 Å². The zero-order chi connectivity index (χ0) is 11.0. The van der Waals surface area contributed by atoms with Gasteiger partial charge in [0.2, 0.25) is 5.91 Å². The minimum Gasteiger partial charge on any atom is -0.339 e. The standard InChI is InChI=1S/C13H22N2O/c16-13(8-10-3-5-14-6-4-10)15-9-11-1-2-12(15)7-11/h10-12,14H,1-9H2. The second-order valence-electron chi connectivity index (χ2n) is 5.78. The van der Waals surface area contributed by atoms with Gasteiger partial charge in [0.05, 0.1) is 0 Å². The lowest BCUT2D eigenvalue weighted by molar-refractivity contribution is -0.134. The van der Waals surface area contributed by atoms with Crippen molar-refractivity contribution in [2.45, 2.75) is 44.6 Å². The average molecular weight is 222 g/mol. The van der Waals surface area contributed by atoms with E-state index < -0.39 is 0 Å². The van der Waals surface area contributed by atoms with Gasteiger partial charge in [0.25, 0.3) is 0 Å². The quantitative estimate of drug-likeness (QED) is 0.765. The van der Waals surface area contributed by atoms with Crippen LogP contribution in [0.3, 0.4) is 0 Å². The van der Waals surface area contributed by atoms with Crippen LogP contribution >= 0.6 is 0 Å². The van der Waals surface area contributed by atoms with Crippen molar-refractivity contribution in [1.82, 2.24) is 10.2 Å². The lowest BCUT2D eigenvalue weighted by atomic mass is 9.94. The molecule has 1 aliphatic carbocycles. The summed E-state index contributed by atoms with van der Waals surface area (Å²) in [6.07, 6.45) is 7.11. The fraction of sp³-hybridized carbons (Fsp3) is 0.923. The summed E-state index contributed by atoms with van der Waals surface area (Å²) in [6, 6.07) is 0.610. The van der Waals surface area contributed by atoms with Crippen LogP contribution in [0.4, 0.5) is 0 Å². The lowest BCUT2D eigenvalue weighted by Gasteiger charge is -2.30. The van der Waals surface area contributed by atoms with Gasteiger partial charge in [-0.25, -0.2) is 0 Å². The van der Waals surface area contributed by atoms with Gasteiger partial charge in [0.1, 0.15) is 0 Å². The third kappa shape index (κ3) is 1.97. The number of hydrogen-bond donors (Lipinski definition) is 1. The first kappa shape index (κ1) is 10.6. The fourth-order valence-electron chi connectivity index (χ4n) is 3.68. The molecule has 1 amide bonds. The highest BCUT2D eigenvalue weighted by molar-refractivity contribution is 5.77. The normalized spacial score (nSPS) is 34.6. The molecule has 90 valence electrons. The van der Waals surface area contributed by atoms with Crippen LogP contribution in [0.25, 0.3) is 0 Å². The number of nitrogens with zero attached hydrogens (tertiary/aromatic N) is 1. The van der Waals surface area contributed by atoms with Gasteiger partial charge in [-0.05, 0) is 57.0 Å². The van der Waals surface area contributed by atoms with Crippen molar-refractivity contribution in [3.8, 4) is 0 Å². The number of amides is 1. The van der Waals surface area contributed by atoms with Crippen molar-refractivity contribution in [2.75, 3.05) is 19.6 Å². The van der Waals surface area contributed by atoms with E-state index in [-0.39, 0.29) is 0 Å². The van der Waals surface area contributed by atoms with E-state index in [0.717, 1.165) is 32.0 Å². The highest BCUT2D eigenvalue weighted by Gasteiger charge is 2.40.